The number of aryl methyl sites for hydroxylation is 1. The van der Waals surface area contributed by atoms with Gasteiger partial charge in [-0.2, -0.15) is 5.10 Å². The molecule has 5 rings (SSSR count). The Balaban J connectivity index is 1.64. The minimum Gasteiger partial charge on any atom is -0.383 e. The Morgan fingerprint density at radius 3 is 2.78 bits per heavy atom. The van der Waals surface area contributed by atoms with E-state index < -0.39 is 23.7 Å². The molecule has 0 aromatic carbocycles. The number of rotatable bonds is 6. The van der Waals surface area contributed by atoms with Gasteiger partial charge in [0.1, 0.15) is 28.5 Å². The zero-order valence-electron chi connectivity index (χ0n) is 17.5. The normalized spacial score (nSPS) is 20.4. The minimum atomic E-state index is -2.86. The Morgan fingerprint density at radius 1 is 1.38 bits per heavy atom. The molecule has 166 valence electrons. The molecule has 0 bridgehead atoms. The Bertz CT molecular complexity index is 1280. The maximum atomic E-state index is 13.4. The number of Topliss-reactive ketones (excluding diaryl/α,β-unsaturated/α-hetero) is 1. The summed E-state index contributed by atoms with van der Waals surface area (Å²) in [6.07, 6.45) is 2.63. The molecular formula is C21H21F2N7O2. The maximum absolute atomic E-state index is 13.4. The number of ketones is 1. The van der Waals surface area contributed by atoms with Crippen LogP contribution in [0.2, 0.25) is 0 Å². The number of hydrogen-bond acceptors (Lipinski definition) is 7. The van der Waals surface area contributed by atoms with Crippen LogP contribution in [0.3, 0.4) is 0 Å². The molecule has 0 radical (unpaired) electrons. The van der Waals surface area contributed by atoms with Gasteiger partial charge in [-0.15, -0.1) is 0 Å². The number of aromatic nitrogens is 5. The third-order valence-corrected chi connectivity index (χ3v) is 6.15. The summed E-state index contributed by atoms with van der Waals surface area (Å²) in [6.45, 7) is 2.18. The molecule has 2 aliphatic rings. The molecule has 32 heavy (non-hydrogen) atoms. The monoisotopic (exact) mass is 441 g/mol. The van der Waals surface area contributed by atoms with Gasteiger partial charge in [-0.05, 0) is 44.7 Å². The summed E-state index contributed by atoms with van der Waals surface area (Å²) >= 11 is 0. The number of amides is 1. The first-order valence-electron chi connectivity index (χ1n) is 10.3. The first-order valence-corrected chi connectivity index (χ1v) is 10.3. The van der Waals surface area contributed by atoms with E-state index in [1.165, 1.54) is 11.6 Å². The number of carbonyl (C=O) groups excluding carboxylic acids is 2. The van der Waals surface area contributed by atoms with Gasteiger partial charge >= 0.3 is 0 Å². The smallest absolute Gasteiger partial charge is 0.247 e. The van der Waals surface area contributed by atoms with E-state index in [1.54, 1.807) is 18.3 Å². The van der Waals surface area contributed by atoms with Crippen LogP contribution in [0, 0.1) is 5.92 Å². The lowest BCUT2D eigenvalue weighted by atomic mass is 9.74. The fourth-order valence-electron chi connectivity index (χ4n) is 4.54. The van der Waals surface area contributed by atoms with E-state index in [1.807, 2.05) is 0 Å². The van der Waals surface area contributed by atoms with Crippen LogP contribution in [-0.2, 0) is 21.5 Å². The molecule has 9 nitrogen and oxygen atoms in total. The summed E-state index contributed by atoms with van der Waals surface area (Å²) in [5, 5.41) is 7.69. The van der Waals surface area contributed by atoms with Crippen molar-refractivity contribution in [1.29, 1.82) is 0 Å². The van der Waals surface area contributed by atoms with E-state index >= 15 is 0 Å². The van der Waals surface area contributed by atoms with Crippen LogP contribution >= 0.6 is 0 Å². The summed E-state index contributed by atoms with van der Waals surface area (Å²) in [5.41, 5.74) is 5.94. The number of nitrogen functional groups attached to an aromatic ring is 1. The molecular weight excluding hydrogens is 420 g/mol. The van der Waals surface area contributed by atoms with Crippen LogP contribution in [0.5, 0.6) is 0 Å². The number of hydrogen-bond donors (Lipinski definition) is 2. The molecule has 0 spiro atoms. The molecule has 4 heterocycles. The van der Waals surface area contributed by atoms with E-state index in [-0.39, 0.29) is 35.7 Å². The molecule has 1 atom stereocenters. The van der Waals surface area contributed by atoms with Crippen LogP contribution in [0.4, 0.5) is 20.4 Å². The predicted molar refractivity (Wildman–Crippen MR) is 112 cm³/mol. The van der Waals surface area contributed by atoms with Crippen LogP contribution < -0.4 is 11.1 Å². The molecule has 1 fully saturated rings. The number of anilines is 2. The zero-order chi connectivity index (χ0) is 22.8. The molecule has 1 amide bonds. The van der Waals surface area contributed by atoms with Crippen molar-refractivity contribution in [3.63, 3.8) is 0 Å². The van der Waals surface area contributed by atoms with Gasteiger partial charge in [0.2, 0.25) is 11.8 Å². The highest BCUT2D eigenvalue weighted by atomic mass is 19.3. The summed E-state index contributed by atoms with van der Waals surface area (Å²) in [4.78, 5) is 38.6. The van der Waals surface area contributed by atoms with Crippen molar-refractivity contribution in [2.75, 3.05) is 11.1 Å². The van der Waals surface area contributed by atoms with E-state index in [4.69, 9.17) is 5.73 Å². The number of nitrogens with one attached hydrogen (secondary N) is 1. The topological polar surface area (TPSA) is 129 Å². The van der Waals surface area contributed by atoms with Crippen molar-refractivity contribution >= 4 is 34.4 Å². The molecule has 1 aliphatic heterocycles. The van der Waals surface area contributed by atoms with Gasteiger partial charge in [-0.3, -0.25) is 9.59 Å². The van der Waals surface area contributed by atoms with E-state index in [2.05, 4.69) is 25.4 Å². The summed E-state index contributed by atoms with van der Waals surface area (Å²) in [6, 6.07) is 3.43. The molecule has 0 saturated heterocycles. The lowest BCUT2D eigenvalue weighted by molar-refractivity contribution is -0.132. The number of alkyl halides is 2. The lowest BCUT2D eigenvalue weighted by Gasteiger charge is -2.24. The predicted octanol–water partition coefficient (Wildman–Crippen LogP) is 2.70. The molecule has 1 aliphatic carbocycles. The van der Waals surface area contributed by atoms with Gasteiger partial charge in [0.05, 0.1) is 10.9 Å². The molecule has 3 N–H and O–H groups in total. The van der Waals surface area contributed by atoms with Crippen LogP contribution in [0.25, 0.3) is 22.6 Å². The molecule has 11 heteroatoms. The number of carbonyl (C=O) groups is 2. The van der Waals surface area contributed by atoms with Crippen molar-refractivity contribution < 1.29 is 18.4 Å². The first-order chi connectivity index (χ1) is 15.1. The van der Waals surface area contributed by atoms with Gasteiger partial charge in [0.15, 0.2) is 11.5 Å². The van der Waals surface area contributed by atoms with E-state index in [9.17, 15) is 18.4 Å². The summed E-state index contributed by atoms with van der Waals surface area (Å²) < 4.78 is 28.2. The molecule has 1 unspecified atom stereocenters. The Labute approximate surface area is 181 Å². The second-order valence-electron chi connectivity index (χ2n) is 8.52. The standard InChI is InChI=1S/C21H21F2N7O2/c1-10(31)21(11-5-6-11)13-15(24)26-17(27-16(13)28-19(21)32)14-12-4-3-8-25-18(12)30(29-14)9-7-20(2,22)23/h3-4,8,11H,5-7,9H2,1-2H3,(H3,24,26,27,28,32). The number of pyridine rings is 1. The average Bonchev–Trinajstić information content (AvgIpc) is 3.42. The Hall–Kier alpha value is -3.50. The van der Waals surface area contributed by atoms with E-state index in [0.29, 0.717) is 22.3 Å². The highest BCUT2D eigenvalue weighted by Crippen LogP contribution is 2.54. The van der Waals surface area contributed by atoms with Crippen molar-refractivity contribution in [3.05, 3.63) is 23.9 Å². The highest BCUT2D eigenvalue weighted by molar-refractivity contribution is 6.21. The van der Waals surface area contributed by atoms with Gasteiger partial charge in [-0.1, -0.05) is 0 Å². The first kappa shape index (κ1) is 20.4. The number of fused-ring (bicyclic) bond motifs is 2. The van der Waals surface area contributed by atoms with Crippen molar-refractivity contribution in [1.82, 2.24) is 24.7 Å². The maximum Gasteiger partial charge on any atom is 0.247 e. The molecule has 3 aromatic rings. The fraction of sp³-hybridized carbons (Fsp3) is 0.429. The average molecular weight is 441 g/mol. The Kier molecular flexibility index (Phi) is 4.30. The number of nitrogens with zero attached hydrogens (tertiary/aromatic N) is 5. The summed E-state index contributed by atoms with van der Waals surface area (Å²) in [7, 11) is 0. The highest BCUT2D eigenvalue weighted by Gasteiger charge is 2.61. The van der Waals surface area contributed by atoms with Crippen LogP contribution in [0.15, 0.2) is 18.3 Å². The second-order valence-corrected chi connectivity index (χ2v) is 8.52. The second kappa shape index (κ2) is 6.75. The van der Waals surface area contributed by atoms with Gasteiger partial charge < -0.3 is 11.1 Å². The van der Waals surface area contributed by atoms with E-state index in [0.717, 1.165) is 19.8 Å². The van der Waals surface area contributed by atoms with Crippen molar-refractivity contribution in [2.24, 2.45) is 5.92 Å². The fourth-order valence-corrected chi connectivity index (χ4v) is 4.54. The van der Waals surface area contributed by atoms with Gasteiger partial charge in [0.25, 0.3) is 0 Å². The lowest BCUT2D eigenvalue weighted by Crippen LogP contribution is -2.43. The molecule has 3 aromatic heterocycles. The quantitative estimate of drug-likeness (QED) is 0.563. The third-order valence-electron chi connectivity index (χ3n) is 6.15. The number of nitrogens with two attached hydrogens (primary N) is 1. The number of halogens is 2. The molecule has 1 saturated carbocycles. The Morgan fingerprint density at radius 2 is 2.12 bits per heavy atom. The van der Waals surface area contributed by atoms with Crippen LogP contribution in [0.1, 0.15) is 38.7 Å². The minimum absolute atomic E-state index is 0.0251. The van der Waals surface area contributed by atoms with Gasteiger partial charge in [0, 0.05) is 19.2 Å². The zero-order valence-corrected chi connectivity index (χ0v) is 17.5. The largest absolute Gasteiger partial charge is 0.383 e. The van der Waals surface area contributed by atoms with Crippen molar-refractivity contribution in [3.8, 4) is 11.5 Å². The third kappa shape index (κ3) is 2.94. The van der Waals surface area contributed by atoms with Crippen molar-refractivity contribution in [2.45, 2.75) is 51.0 Å². The SMILES string of the molecule is CC(=O)C1(C2CC2)C(=O)Nc2nc(-c3nn(CCC(C)(F)F)c4ncccc34)nc(N)c21. The van der Waals surface area contributed by atoms with Crippen LogP contribution in [-0.4, -0.2) is 42.3 Å². The summed E-state index contributed by atoms with van der Waals surface area (Å²) in [5.74, 6) is -3.38. The van der Waals surface area contributed by atoms with Gasteiger partial charge in [-0.25, -0.2) is 28.4 Å².